The number of nitrogens with one attached hydrogen (secondary N) is 1. The third-order valence-electron chi connectivity index (χ3n) is 3.88. The van der Waals surface area contributed by atoms with Gasteiger partial charge in [-0.15, -0.1) is 0 Å². The molecule has 0 saturated carbocycles. The Bertz CT molecular complexity index is 585. The molecule has 1 aliphatic heterocycles. The van der Waals surface area contributed by atoms with E-state index in [1.807, 2.05) is 26.0 Å². The molecule has 1 N–H and O–H groups in total. The molecule has 1 saturated heterocycles. The molecular formula is C17H27N5O3. The summed E-state index contributed by atoms with van der Waals surface area (Å²) < 4.78 is 10.6. The van der Waals surface area contributed by atoms with Crippen LogP contribution in [0.15, 0.2) is 23.3 Å². The largest absolute Gasteiger partial charge is 0.478 e. The number of aromatic nitrogens is 1. The Morgan fingerprint density at radius 2 is 1.96 bits per heavy atom. The monoisotopic (exact) mass is 349 g/mol. The number of nitrogens with zero attached hydrogens (tertiary/aromatic N) is 4. The summed E-state index contributed by atoms with van der Waals surface area (Å²) in [6.07, 6.45) is 1.47. The van der Waals surface area contributed by atoms with Gasteiger partial charge in [0, 0.05) is 51.5 Å². The van der Waals surface area contributed by atoms with Crippen molar-refractivity contribution >= 4 is 12.1 Å². The average Bonchev–Trinajstić information content (AvgIpc) is 2.64. The summed E-state index contributed by atoms with van der Waals surface area (Å²) in [6.45, 7) is 7.97. The van der Waals surface area contributed by atoms with Crippen LogP contribution in [0.1, 0.15) is 19.4 Å². The average molecular weight is 349 g/mol. The first-order valence-corrected chi connectivity index (χ1v) is 8.63. The van der Waals surface area contributed by atoms with Gasteiger partial charge in [-0.25, -0.2) is 9.78 Å². The van der Waals surface area contributed by atoms with Crippen molar-refractivity contribution in [2.45, 2.75) is 20.4 Å². The fourth-order valence-electron chi connectivity index (χ4n) is 2.65. The van der Waals surface area contributed by atoms with E-state index in [0.29, 0.717) is 51.8 Å². The Kier molecular flexibility index (Phi) is 7.31. The summed E-state index contributed by atoms with van der Waals surface area (Å²) in [5.41, 5.74) is 0.982. The maximum absolute atomic E-state index is 11.8. The van der Waals surface area contributed by atoms with Crippen LogP contribution < -0.4 is 10.1 Å². The number of piperazine rings is 1. The molecule has 0 unspecified atom stereocenters. The smallest absolute Gasteiger partial charge is 0.409 e. The summed E-state index contributed by atoms with van der Waals surface area (Å²) in [4.78, 5) is 24.2. The lowest BCUT2D eigenvalue weighted by Crippen LogP contribution is -2.53. The SMILES string of the molecule is CCOC(=O)N1CCN(C(=NC)NCc2cccnc2OCC)CC1. The van der Waals surface area contributed by atoms with Gasteiger partial charge >= 0.3 is 6.09 Å². The molecule has 138 valence electrons. The zero-order valence-corrected chi connectivity index (χ0v) is 15.2. The van der Waals surface area contributed by atoms with Crippen molar-refractivity contribution in [3.8, 4) is 5.88 Å². The van der Waals surface area contributed by atoms with E-state index in [2.05, 4.69) is 20.2 Å². The molecule has 0 aliphatic carbocycles. The van der Waals surface area contributed by atoms with Gasteiger partial charge in [0.25, 0.3) is 0 Å². The highest BCUT2D eigenvalue weighted by Crippen LogP contribution is 2.14. The van der Waals surface area contributed by atoms with Crippen molar-refractivity contribution in [2.24, 2.45) is 4.99 Å². The van der Waals surface area contributed by atoms with E-state index in [9.17, 15) is 4.79 Å². The molecular weight excluding hydrogens is 322 g/mol. The van der Waals surface area contributed by atoms with Crippen LogP contribution in [-0.4, -0.2) is 73.3 Å². The van der Waals surface area contributed by atoms with E-state index >= 15 is 0 Å². The normalized spacial score (nSPS) is 15.1. The van der Waals surface area contributed by atoms with Crippen molar-refractivity contribution in [1.29, 1.82) is 0 Å². The van der Waals surface area contributed by atoms with Gasteiger partial charge in [-0.3, -0.25) is 4.99 Å². The Morgan fingerprint density at radius 3 is 2.60 bits per heavy atom. The first-order valence-electron chi connectivity index (χ1n) is 8.63. The molecule has 0 bridgehead atoms. The lowest BCUT2D eigenvalue weighted by molar-refractivity contribution is 0.0914. The van der Waals surface area contributed by atoms with E-state index in [4.69, 9.17) is 9.47 Å². The Hall–Kier alpha value is -2.51. The van der Waals surface area contributed by atoms with Gasteiger partial charge in [0.2, 0.25) is 5.88 Å². The predicted molar refractivity (Wildman–Crippen MR) is 95.8 cm³/mol. The number of amides is 1. The molecule has 0 aromatic carbocycles. The van der Waals surface area contributed by atoms with Gasteiger partial charge in [0.05, 0.1) is 13.2 Å². The molecule has 1 aromatic heterocycles. The number of pyridine rings is 1. The van der Waals surface area contributed by atoms with Crippen LogP contribution in [0.25, 0.3) is 0 Å². The van der Waals surface area contributed by atoms with E-state index in [-0.39, 0.29) is 6.09 Å². The van der Waals surface area contributed by atoms with Gasteiger partial charge in [-0.1, -0.05) is 6.07 Å². The minimum Gasteiger partial charge on any atom is -0.478 e. The number of hydrogen-bond acceptors (Lipinski definition) is 5. The van der Waals surface area contributed by atoms with Gasteiger partial charge in [0.1, 0.15) is 0 Å². The van der Waals surface area contributed by atoms with Crippen LogP contribution in [0.5, 0.6) is 5.88 Å². The summed E-state index contributed by atoms with van der Waals surface area (Å²) in [6, 6.07) is 3.87. The van der Waals surface area contributed by atoms with Crippen LogP contribution in [0.4, 0.5) is 4.79 Å². The first-order chi connectivity index (χ1) is 12.2. The van der Waals surface area contributed by atoms with Crippen molar-refractivity contribution in [1.82, 2.24) is 20.1 Å². The van der Waals surface area contributed by atoms with Crippen LogP contribution in [0, 0.1) is 0 Å². The van der Waals surface area contributed by atoms with Gasteiger partial charge in [0.15, 0.2) is 5.96 Å². The summed E-state index contributed by atoms with van der Waals surface area (Å²) in [7, 11) is 1.76. The third kappa shape index (κ3) is 5.23. The first kappa shape index (κ1) is 18.8. The molecule has 8 heteroatoms. The van der Waals surface area contributed by atoms with Crippen LogP contribution in [0.2, 0.25) is 0 Å². The number of guanidine groups is 1. The molecule has 1 aromatic rings. The molecule has 0 spiro atoms. The fraction of sp³-hybridized carbons (Fsp3) is 0.588. The van der Waals surface area contributed by atoms with Crippen molar-refractivity contribution in [3.63, 3.8) is 0 Å². The van der Waals surface area contributed by atoms with E-state index in [0.717, 1.165) is 11.5 Å². The minimum atomic E-state index is -0.248. The number of ether oxygens (including phenoxy) is 2. The molecule has 1 aliphatic rings. The van der Waals surface area contributed by atoms with E-state index in [1.165, 1.54) is 0 Å². The predicted octanol–water partition coefficient (Wildman–Crippen LogP) is 1.33. The molecule has 2 rings (SSSR count). The van der Waals surface area contributed by atoms with Crippen molar-refractivity contribution in [2.75, 3.05) is 46.4 Å². The fourth-order valence-corrected chi connectivity index (χ4v) is 2.65. The quantitative estimate of drug-likeness (QED) is 0.638. The second-order valence-electron chi connectivity index (χ2n) is 5.47. The lowest BCUT2D eigenvalue weighted by atomic mass is 10.2. The number of aliphatic imine (C=N–C) groups is 1. The second-order valence-corrected chi connectivity index (χ2v) is 5.47. The Morgan fingerprint density at radius 1 is 1.24 bits per heavy atom. The summed E-state index contributed by atoms with van der Waals surface area (Å²) in [5.74, 6) is 1.44. The highest BCUT2D eigenvalue weighted by atomic mass is 16.6. The molecule has 0 radical (unpaired) electrons. The summed E-state index contributed by atoms with van der Waals surface area (Å²) in [5, 5.41) is 3.34. The number of carbonyl (C=O) groups excluding carboxylic acids is 1. The zero-order chi connectivity index (χ0) is 18.1. The van der Waals surface area contributed by atoms with Crippen molar-refractivity contribution < 1.29 is 14.3 Å². The lowest BCUT2D eigenvalue weighted by Gasteiger charge is -2.35. The Balaban J connectivity index is 1.89. The molecule has 8 nitrogen and oxygen atoms in total. The van der Waals surface area contributed by atoms with Crippen LogP contribution in [-0.2, 0) is 11.3 Å². The van der Waals surface area contributed by atoms with Crippen LogP contribution >= 0.6 is 0 Å². The van der Waals surface area contributed by atoms with E-state index in [1.54, 1.807) is 18.1 Å². The zero-order valence-electron chi connectivity index (χ0n) is 15.2. The standard InChI is InChI=1S/C17H27N5O3/c1-4-24-15-14(7-6-8-19-15)13-20-16(18-3)21-9-11-22(12-10-21)17(23)25-5-2/h6-8H,4-5,9-13H2,1-3H3,(H,18,20). The highest BCUT2D eigenvalue weighted by Gasteiger charge is 2.23. The number of hydrogen-bond donors (Lipinski definition) is 1. The van der Waals surface area contributed by atoms with Crippen LogP contribution in [0.3, 0.4) is 0 Å². The van der Waals surface area contributed by atoms with Crippen molar-refractivity contribution in [3.05, 3.63) is 23.9 Å². The highest BCUT2D eigenvalue weighted by molar-refractivity contribution is 5.80. The number of rotatable bonds is 5. The third-order valence-corrected chi connectivity index (χ3v) is 3.88. The maximum Gasteiger partial charge on any atom is 0.409 e. The molecule has 25 heavy (non-hydrogen) atoms. The maximum atomic E-state index is 11.8. The topological polar surface area (TPSA) is 79.3 Å². The minimum absolute atomic E-state index is 0.248. The molecule has 1 amide bonds. The molecule has 1 fully saturated rings. The van der Waals surface area contributed by atoms with Gasteiger partial charge in [-0.2, -0.15) is 0 Å². The van der Waals surface area contributed by atoms with Gasteiger partial charge in [-0.05, 0) is 19.9 Å². The number of carbonyl (C=O) groups is 1. The molecule has 2 heterocycles. The van der Waals surface area contributed by atoms with E-state index < -0.39 is 0 Å². The van der Waals surface area contributed by atoms with Gasteiger partial charge < -0.3 is 24.6 Å². The Labute approximate surface area is 148 Å². The summed E-state index contributed by atoms with van der Waals surface area (Å²) >= 11 is 0. The second kappa shape index (κ2) is 9.71. The molecule has 0 atom stereocenters.